The summed E-state index contributed by atoms with van der Waals surface area (Å²) in [5, 5.41) is 0. The van der Waals surface area contributed by atoms with Gasteiger partial charge in [0.15, 0.2) is 12.0 Å². The Bertz CT molecular complexity index is 605. The van der Waals surface area contributed by atoms with Gasteiger partial charge in [0.1, 0.15) is 5.76 Å². The molecule has 0 amide bonds. The van der Waals surface area contributed by atoms with E-state index in [9.17, 15) is 9.59 Å². The molecular weight excluding hydrogens is 244 g/mol. The van der Waals surface area contributed by atoms with E-state index in [2.05, 4.69) is 4.74 Å². The van der Waals surface area contributed by atoms with Crippen LogP contribution in [0.5, 0.6) is 0 Å². The molecule has 0 saturated carbocycles. The second-order valence-electron chi connectivity index (χ2n) is 3.80. The number of rotatable bonds is 4. The monoisotopic (exact) mass is 256 g/mol. The van der Waals surface area contributed by atoms with Crippen molar-refractivity contribution in [3.8, 4) is 11.3 Å². The van der Waals surface area contributed by atoms with Crippen molar-refractivity contribution in [2.24, 2.45) is 0 Å². The molecule has 0 spiro atoms. The highest BCUT2D eigenvalue weighted by Crippen LogP contribution is 2.22. The van der Waals surface area contributed by atoms with Crippen LogP contribution in [0.25, 0.3) is 17.4 Å². The topological polar surface area (TPSA) is 56.5 Å². The Morgan fingerprint density at radius 2 is 1.89 bits per heavy atom. The zero-order chi connectivity index (χ0) is 13.7. The van der Waals surface area contributed by atoms with Gasteiger partial charge in [-0.05, 0) is 23.8 Å². The summed E-state index contributed by atoms with van der Waals surface area (Å²) in [6.07, 6.45) is 3.68. The van der Waals surface area contributed by atoms with E-state index < -0.39 is 5.97 Å². The zero-order valence-electron chi connectivity index (χ0n) is 10.3. The molecule has 0 radical (unpaired) electrons. The SMILES string of the molecule is COC(=O)C=Cc1ccc(-c2ccc(C=O)o2)cc1. The van der Waals surface area contributed by atoms with E-state index in [1.54, 1.807) is 18.2 Å². The molecule has 96 valence electrons. The predicted molar refractivity (Wildman–Crippen MR) is 70.6 cm³/mol. The van der Waals surface area contributed by atoms with Gasteiger partial charge in [0, 0.05) is 11.6 Å². The summed E-state index contributed by atoms with van der Waals surface area (Å²) in [6.45, 7) is 0. The van der Waals surface area contributed by atoms with Crippen molar-refractivity contribution in [2.75, 3.05) is 7.11 Å². The summed E-state index contributed by atoms with van der Waals surface area (Å²) in [4.78, 5) is 21.5. The van der Waals surface area contributed by atoms with Crippen molar-refractivity contribution in [3.63, 3.8) is 0 Å². The fraction of sp³-hybridized carbons (Fsp3) is 0.0667. The van der Waals surface area contributed by atoms with Gasteiger partial charge >= 0.3 is 5.97 Å². The second-order valence-corrected chi connectivity index (χ2v) is 3.80. The molecular formula is C15H12O4. The highest BCUT2D eigenvalue weighted by Gasteiger charge is 2.03. The Morgan fingerprint density at radius 1 is 1.16 bits per heavy atom. The van der Waals surface area contributed by atoms with Crippen LogP contribution in [-0.4, -0.2) is 19.4 Å². The number of benzene rings is 1. The molecule has 0 N–H and O–H groups in total. The molecule has 19 heavy (non-hydrogen) atoms. The molecule has 1 aromatic heterocycles. The van der Waals surface area contributed by atoms with E-state index >= 15 is 0 Å². The van der Waals surface area contributed by atoms with Crippen LogP contribution in [0.4, 0.5) is 0 Å². The lowest BCUT2D eigenvalue weighted by Gasteiger charge is -1.98. The maximum absolute atomic E-state index is 11.0. The van der Waals surface area contributed by atoms with Crippen LogP contribution in [0.3, 0.4) is 0 Å². The number of ether oxygens (including phenoxy) is 1. The molecule has 1 aromatic carbocycles. The number of carbonyl (C=O) groups is 2. The Balaban J connectivity index is 2.16. The molecule has 0 aliphatic carbocycles. The third-order valence-corrected chi connectivity index (χ3v) is 2.55. The van der Waals surface area contributed by atoms with Crippen molar-refractivity contribution in [2.45, 2.75) is 0 Å². The standard InChI is InChI=1S/C15H12O4/c1-18-15(17)9-4-11-2-5-12(6-3-11)14-8-7-13(10-16)19-14/h2-10H,1H3. The van der Waals surface area contributed by atoms with Crippen LogP contribution in [-0.2, 0) is 9.53 Å². The van der Waals surface area contributed by atoms with Gasteiger partial charge in [0.2, 0.25) is 0 Å². The first-order valence-electron chi connectivity index (χ1n) is 5.64. The minimum Gasteiger partial charge on any atom is -0.466 e. The number of hydrogen-bond acceptors (Lipinski definition) is 4. The summed E-state index contributed by atoms with van der Waals surface area (Å²) in [6, 6.07) is 10.8. The second kappa shape index (κ2) is 5.82. The molecule has 1 heterocycles. The maximum atomic E-state index is 11.0. The molecule has 0 aliphatic heterocycles. The highest BCUT2D eigenvalue weighted by molar-refractivity contribution is 5.87. The molecule has 2 aromatic rings. The van der Waals surface area contributed by atoms with Gasteiger partial charge in [-0.1, -0.05) is 24.3 Å². The zero-order valence-corrected chi connectivity index (χ0v) is 10.3. The van der Waals surface area contributed by atoms with Crippen molar-refractivity contribution < 1.29 is 18.7 Å². The lowest BCUT2D eigenvalue weighted by atomic mass is 10.1. The van der Waals surface area contributed by atoms with Gasteiger partial charge in [-0.2, -0.15) is 0 Å². The van der Waals surface area contributed by atoms with Gasteiger partial charge in [-0.25, -0.2) is 4.79 Å². The number of methoxy groups -OCH3 is 1. The van der Waals surface area contributed by atoms with E-state index in [1.807, 2.05) is 24.3 Å². The highest BCUT2D eigenvalue weighted by atomic mass is 16.5. The molecule has 0 fully saturated rings. The number of carbonyl (C=O) groups excluding carboxylic acids is 2. The molecule has 4 heteroatoms. The maximum Gasteiger partial charge on any atom is 0.330 e. The lowest BCUT2D eigenvalue weighted by Crippen LogP contribution is -1.93. The number of furan rings is 1. The predicted octanol–water partition coefficient (Wildman–Crippen LogP) is 2.95. The van der Waals surface area contributed by atoms with Crippen molar-refractivity contribution >= 4 is 18.3 Å². The summed E-state index contributed by atoms with van der Waals surface area (Å²) < 4.78 is 9.82. The third kappa shape index (κ3) is 3.19. The molecule has 0 aliphatic rings. The molecule has 2 rings (SSSR count). The normalized spacial score (nSPS) is 10.6. The Kier molecular flexibility index (Phi) is 3.93. The third-order valence-electron chi connectivity index (χ3n) is 2.55. The largest absolute Gasteiger partial charge is 0.466 e. The van der Waals surface area contributed by atoms with Crippen LogP contribution >= 0.6 is 0 Å². The van der Waals surface area contributed by atoms with Crippen molar-refractivity contribution in [1.29, 1.82) is 0 Å². The summed E-state index contributed by atoms with van der Waals surface area (Å²) >= 11 is 0. The molecule has 0 atom stereocenters. The molecule has 0 bridgehead atoms. The van der Waals surface area contributed by atoms with Crippen LogP contribution in [0.1, 0.15) is 16.1 Å². The number of esters is 1. The minimum absolute atomic E-state index is 0.296. The van der Waals surface area contributed by atoms with Crippen LogP contribution in [0, 0.1) is 0 Å². The number of aldehydes is 1. The molecule has 0 unspecified atom stereocenters. The Morgan fingerprint density at radius 3 is 2.47 bits per heavy atom. The fourth-order valence-electron chi connectivity index (χ4n) is 1.56. The van der Waals surface area contributed by atoms with E-state index in [4.69, 9.17) is 4.42 Å². The fourth-order valence-corrected chi connectivity index (χ4v) is 1.56. The molecule has 0 saturated heterocycles. The van der Waals surface area contributed by atoms with Gasteiger partial charge in [0.05, 0.1) is 7.11 Å². The minimum atomic E-state index is -0.397. The Hall–Kier alpha value is -2.62. The quantitative estimate of drug-likeness (QED) is 0.479. The summed E-state index contributed by atoms with van der Waals surface area (Å²) in [7, 11) is 1.33. The van der Waals surface area contributed by atoms with E-state index in [0.717, 1.165) is 11.1 Å². The van der Waals surface area contributed by atoms with E-state index in [0.29, 0.717) is 17.8 Å². The lowest BCUT2D eigenvalue weighted by molar-refractivity contribution is -0.134. The summed E-state index contributed by atoms with van der Waals surface area (Å²) in [5.41, 5.74) is 1.74. The van der Waals surface area contributed by atoms with Crippen LogP contribution in [0.15, 0.2) is 46.9 Å². The average molecular weight is 256 g/mol. The van der Waals surface area contributed by atoms with Crippen LogP contribution < -0.4 is 0 Å². The summed E-state index contributed by atoms with van der Waals surface area (Å²) in [5.74, 6) is 0.529. The first-order valence-corrected chi connectivity index (χ1v) is 5.64. The van der Waals surface area contributed by atoms with Crippen LogP contribution in [0.2, 0.25) is 0 Å². The van der Waals surface area contributed by atoms with Gasteiger partial charge < -0.3 is 9.15 Å². The first kappa shape index (κ1) is 12.8. The smallest absolute Gasteiger partial charge is 0.330 e. The van der Waals surface area contributed by atoms with Crippen molar-refractivity contribution in [1.82, 2.24) is 0 Å². The van der Waals surface area contributed by atoms with Gasteiger partial charge in [-0.3, -0.25) is 4.79 Å². The Labute approximate surface area is 110 Å². The van der Waals surface area contributed by atoms with E-state index in [1.165, 1.54) is 13.2 Å². The first-order chi connectivity index (χ1) is 9.22. The van der Waals surface area contributed by atoms with E-state index in [-0.39, 0.29) is 0 Å². The number of hydrogen-bond donors (Lipinski definition) is 0. The molecule has 4 nitrogen and oxygen atoms in total. The van der Waals surface area contributed by atoms with Gasteiger partial charge in [-0.15, -0.1) is 0 Å². The average Bonchev–Trinajstić information content (AvgIpc) is 2.94. The van der Waals surface area contributed by atoms with Gasteiger partial charge in [0.25, 0.3) is 0 Å². The van der Waals surface area contributed by atoms with Crippen molar-refractivity contribution in [3.05, 3.63) is 53.8 Å².